The molecule has 19 heavy (non-hydrogen) atoms. The fourth-order valence-electron chi connectivity index (χ4n) is 2.63. The summed E-state index contributed by atoms with van der Waals surface area (Å²) in [5.74, 6) is -3.16. The Balaban J connectivity index is 2.70. The number of carboxylic acids is 2. The highest BCUT2D eigenvalue weighted by molar-refractivity contribution is 5.88. The molecule has 0 bridgehead atoms. The van der Waals surface area contributed by atoms with E-state index in [1.54, 1.807) is 0 Å². The van der Waals surface area contributed by atoms with Crippen LogP contribution in [0, 0.1) is 11.3 Å². The number of rotatable bonds is 5. The lowest BCUT2D eigenvalue weighted by atomic mass is 9.68. The van der Waals surface area contributed by atoms with Gasteiger partial charge in [-0.25, -0.2) is 4.79 Å². The molecular formula is C13H21NO5. The lowest BCUT2D eigenvalue weighted by molar-refractivity contribution is -0.148. The van der Waals surface area contributed by atoms with Crippen LogP contribution in [0.5, 0.6) is 0 Å². The molecule has 1 saturated carbocycles. The van der Waals surface area contributed by atoms with Gasteiger partial charge in [0.15, 0.2) is 0 Å². The van der Waals surface area contributed by atoms with Crippen molar-refractivity contribution in [1.82, 2.24) is 5.32 Å². The molecule has 3 N–H and O–H groups in total. The van der Waals surface area contributed by atoms with Crippen molar-refractivity contribution >= 4 is 17.8 Å². The number of carbonyl (C=O) groups excluding carboxylic acids is 1. The Bertz CT molecular complexity index is 377. The van der Waals surface area contributed by atoms with Crippen LogP contribution in [0.15, 0.2) is 0 Å². The SMILES string of the molecule is CC1(C)CCCCC1C(=O)NC(CC(=O)O)C(=O)O. The van der Waals surface area contributed by atoms with Crippen LogP contribution in [0.25, 0.3) is 0 Å². The highest BCUT2D eigenvalue weighted by Crippen LogP contribution is 2.40. The number of hydrogen-bond donors (Lipinski definition) is 3. The maximum atomic E-state index is 12.1. The van der Waals surface area contributed by atoms with Crippen molar-refractivity contribution in [3.63, 3.8) is 0 Å². The van der Waals surface area contributed by atoms with Gasteiger partial charge >= 0.3 is 11.9 Å². The smallest absolute Gasteiger partial charge is 0.326 e. The normalized spacial score (nSPS) is 23.4. The third kappa shape index (κ3) is 4.22. The molecule has 6 nitrogen and oxygen atoms in total. The Labute approximate surface area is 112 Å². The van der Waals surface area contributed by atoms with E-state index in [2.05, 4.69) is 5.32 Å². The van der Waals surface area contributed by atoms with Gasteiger partial charge in [-0.05, 0) is 18.3 Å². The van der Waals surface area contributed by atoms with Gasteiger partial charge in [0.05, 0.1) is 6.42 Å². The number of nitrogens with one attached hydrogen (secondary N) is 1. The molecule has 0 aromatic rings. The molecule has 108 valence electrons. The summed E-state index contributed by atoms with van der Waals surface area (Å²) in [6, 6.07) is -1.36. The molecule has 1 amide bonds. The van der Waals surface area contributed by atoms with Crippen molar-refractivity contribution in [2.24, 2.45) is 11.3 Å². The fraction of sp³-hybridized carbons (Fsp3) is 0.769. The van der Waals surface area contributed by atoms with E-state index in [-0.39, 0.29) is 17.2 Å². The number of aliphatic carboxylic acids is 2. The first-order chi connectivity index (χ1) is 8.74. The van der Waals surface area contributed by atoms with Gasteiger partial charge in [-0.2, -0.15) is 0 Å². The first kappa shape index (κ1) is 15.5. The van der Waals surface area contributed by atoms with Gasteiger partial charge in [0.1, 0.15) is 6.04 Å². The van der Waals surface area contributed by atoms with Gasteiger partial charge < -0.3 is 15.5 Å². The Morgan fingerprint density at radius 2 is 1.89 bits per heavy atom. The summed E-state index contributed by atoms with van der Waals surface area (Å²) in [4.78, 5) is 33.7. The molecule has 0 radical (unpaired) electrons. The fourth-order valence-corrected chi connectivity index (χ4v) is 2.63. The van der Waals surface area contributed by atoms with Gasteiger partial charge in [0, 0.05) is 5.92 Å². The van der Waals surface area contributed by atoms with Crippen LogP contribution in [0.2, 0.25) is 0 Å². The monoisotopic (exact) mass is 271 g/mol. The number of hydrogen-bond acceptors (Lipinski definition) is 3. The second-order valence-corrected chi connectivity index (χ2v) is 5.78. The average Bonchev–Trinajstić information content (AvgIpc) is 2.26. The standard InChI is InChI=1S/C13H21NO5/c1-13(2)6-4-3-5-8(13)11(17)14-9(12(18)19)7-10(15)16/h8-9H,3-7H2,1-2H3,(H,14,17)(H,15,16)(H,18,19). The summed E-state index contributed by atoms with van der Waals surface area (Å²) < 4.78 is 0. The van der Waals surface area contributed by atoms with Gasteiger partial charge in [0.2, 0.25) is 5.91 Å². The van der Waals surface area contributed by atoms with Crippen molar-refractivity contribution in [3.8, 4) is 0 Å². The van der Waals surface area contributed by atoms with Crippen molar-refractivity contribution in [3.05, 3.63) is 0 Å². The Hall–Kier alpha value is -1.59. The van der Waals surface area contributed by atoms with Crippen molar-refractivity contribution < 1.29 is 24.6 Å². The Morgan fingerprint density at radius 3 is 2.37 bits per heavy atom. The van der Waals surface area contributed by atoms with Crippen molar-refractivity contribution in [1.29, 1.82) is 0 Å². The number of amides is 1. The maximum Gasteiger partial charge on any atom is 0.326 e. The number of carboxylic acid groups (broad SMARTS) is 2. The predicted molar refractivity (Wildman–Crippen MR) is 67.6 cm³/mol. The third-order valence-electron chi connectivity index (χ3n) is 3.82. The zero-order valence-corrected chi connectivity index (χ0v) is 11.3. The van der Waals surface area contributed by atoms with Gasteiger partial charge in [-0.15, -0.1) is 0 Å². The summed E-state index contributed by atoms with van der Waals surface area (Å²) in [7, 11) is 0. The summed E-state index contributed by atoms with van der Waals surface area (Å²) in [5.41, 5.74) is -0.172. The summed E-state index contributed by atoms with van der Waals surface area (Å²) in [5, 5.41) is 19.9. The highest BCUT2D eigenvalue weighted by Gasteiger charge is 2.38. The quantitative estimate of drug-likeness (QED) is 0.698. The highest BCUT2D eigenvalue weighted by atomic mass is 16.4. The molecule has 1 rings (SSSR count). The van der Waals surface area contributed by atoms with E-state index in [1.807, 2.05) is 13.8 Å². The first-order valence-corrected chi connectivity index (χ1v) is 6.49. The van der Waals surface area contributed by atoms with Crippen LogP contribution >= 0.6 is 0 Å². The maximum absolute atomic E-state index is 12.1. The van der Waals surface area contributed by atoms with Crippen LogP contribution < -0.4 is 5.32 Å². The van der Waals surface area contributed by atoms with E-state index in [0.29, 0.717) is 0 Å². The average molecular weight is 271 g/mol. The van der Waals surface area contributed by atoms with Crippen LogP contribution in [0.3, 0.4) is 0 Å². The molecule has 1 aliphatic carbocycles. The van der Waals surface area contributed by atoms with Crippen LogP contribution in [-0.4, -0.2) is 34.1 Å². The second kappa shape index (κ2) is 6.04. The topological polar surface area (TPSA) is 104 Å². The molecule has 0 aliphatic heterocycles. The molecule has 6 heteroatoms. The summed E-state index contributed by atoms with van der Waals surface area (Å²) in [6.07, 6.45) is 3.04. The molecular weight excluding hydrogens is 250 g/mol. The van der Waals surface area contributed by atoms with Crippen LogP contribution in [0.1, 0.15) is 46.0 Å². The van der Waals surface area contributed by atoms with Crippen molar-refractivity contribution in [2.75, 3.05) is 0 Å². The Kier molecular flexibility index (Phi) is 4.91. The Morgan fingerprint density at radius 1 is 1.26 bits per heavy atom. The minimum absolute atomic E-state index is 0.172. The summed E-state index contributed by atoms with van der Waals surface area (Å²) >= 11 is 0. The molecule has 1 aliphatic rings. The largest absolute Gasteiger partial charge is 0.481 e. The van der Waals surface area contributed by atoms with E-state index >= 15 is 0 Å². The molecule has 0 heterocycles. The van der Waals surface area contributed by atoms with Crippen LogP contribution in [0.4, 0.5) is 0 Å². The minimum Gasteiger partial charge on any atom is -0.481 e. The first-order valence-electron chi connectivity index (χ1n) is 6.49. The van der Waals surface area contributed by atoms with Crippen LogP contribution in [-0.2, 0) is 14.4 Å². The van der Waals surface area contributed by atoms with E-state index in [0.717, 1.165) is 25.7 Å². The summed E-state index contributed by atoms with van der Waals surface area (Å²) in [6.45, 7) is 3.98. The zero-order chi connectivity index (χ0) is 14.6. The zero-order valence-electron chi connectivity index (χ0n) is 11.3. The number of carbonyl (C=O) groups is 3. The minimum atomic E-state index is -1.36. The van der Waals surface area contributed by atoms with Gasteiger partial charge in [-0.3, -0.25) is 9.59 Å². The van der Waals surface area contributed by atoms with Crippen molar-refractivity contribution in [2.45, 2.75) is 52.0 Å². The molecule has 0 aromatic carbocycles. The van der Waals surface area contributed by atoms with E-state index in [9.17, 15) is 14.4 Å². The van der Waals surface area contributed by atoms with Gasteiger partial charge in [0.25, 0.3) is 0 Å². The second-order valence-electron chi connectivity index (χ2n) is 5.78. The lowest BCUT2D eigenvalue weighted by Gasteiger charge is -2.37. The molecule has 0 spiro atoms. The molecule has 0 saturated heterocycles. The molecule has 2 atom stereocenters. The molecule has 1 fully saturated rings. The predicted octanol–water partition coefficient (Wildman–Crippen LogP) is 1.25. The molecule has 2 unspecified atom stereocenters. The van der Waals surface area contributed by atoms with E-state index in [4.69, 9.17) is 10.2 Å². The van der Waals surface area contributed by atoms with E-state index < -0.39 is 24.4 Å². The van der Waals surface area contributed by atoms with E-state index in [1.165, 1.54) is 0 Å². The third-order valence-corrected chi connectivity index (χ3v) is 3.82. The molecule has 0 aromatic heterocycles. The lowest BCUT2D eigenvalue weighted by Crippen LogP contribution is -2.48. The van der Waals surface area contributed by atoms with Gasteiger partial charge in [-0.1, -0.05) is 26.7 Å².